The lowest BCUT2D eigenvalue weighted by atomic mass is 9.98. The SMILES string of the molecule is CC1=C(CCC(=O)NC(C)C(=O)NC(Cc2cnc[nH]2)C(=O)O)c2cc3nc(cc4[nH]c(cc4C)cc4[nH]c(cc1n2)cc4C)C(C)=C3CCC(=O)NC(C)C(=O)NC(Cc1cnc[nH]1)C(=O)O. The van der Waals surface area contributed by atoms with Crippen LogP contribution in [0.15, 0.2) is 61.4 Å². The first-order valence-corrected chi connectivity index (χ1v) is 22.1. The number of aromatic amines is 4. The number of aliphatic carboxylic acids is 2. The van der Waals surface area contributed by atoms with Crippen LogP contribution < -0.4 is 21.3 Å². The third kappa shape index (κ3) is 11.4. The van der Waals surface area contributed by atoms with Crippen molar-refractivity contribution < 1.29 is 39.0 Å². The van der Waals surface area contributed by atoms with E-state index in [1.54, 1.807) is 0 Å². The Hall–Kier alpha value is -8.16. The Morgan fingerprint density at radius 2 is 0.985 bits per heavy atom. The van der Waals surface area contributed by atoms with Gasteiger partial charge in [0, 0.05) is 71.5 Å². The number of imidazole rings is 2. The van der Waals surface area contributed by atoms with E-state index in [-0.39, 0.29) is 38.5 Å². The Labute approximate surface area is 390 Å². The lowest BCUT2D eigenvalue weighted by Gasteiger charge is -2.18. The van der Waals surface area contributed by atoms with Crippen LogP contribution in [0.4, 0.5) is 0 Å². The molecule has 0 fully saturated rings. The van der Waals surface area contributed by atoms with Crippen molar-refractivity contribution in [2.75, 3.05) is 0 Å². The lowest BCUT2D eigenvalue weighted by Crippen LogP contribution is -2.51. The van der Waals surface area contributed by atoms with Crippen LogP contribution in [-0.4, -0.2) is 110 Å². The third-order valence-electron chi connectivity index (χ3n) is 12.0. The molecule has 0 spiro atoms. The summed E-state index contributed by atoms with van der Waals surface area (Å²) in [6.45, 7) is 10.8. The molecule has 8 bridgehead atoms. The normalized spacial score (nSPS) is 14.2. The van der Waals surface area contributed by atoms with E-state index in [9.17, 15) is 39.0 Å². The Kier molecular flexibility index (Phi) is 14.5. The topological polar surface area (TPSA) is 306 Å². The van der Waals surface area contributed by atoms with E-state index in [2.05, 4.69) is 57.2 Å². The number of allylic oxidation sites excluding steroid dienone is 4. The molecule has 354 valence electrons. The fourth-order valence-electron chi connectivity index (χ4n) is 8.09. The molecule has 0 aliphatic carbocycles. The van der Waals surface area contributed by atoms with Crippen LogP contribution in [0.1, 0.15) is 98.7 Å². The predicted octanol–water partition coefficient (Wildman–Crippen LogP) is 4.43. The summed E-state index contributed by atoms with van der Waals surface area (Å²) in [5, 5.41) is 29.8. The Morgan fingerprint density at radius 3 is 1.41 bits per heavy atom. The van der Waals surface area contributed by atoms with Gasteiger partial charge in [-0.3, -0.25) is 19.2 Å². The van der Waals surface area contributed by atoms with E-state index in [0.29, 0.717) is 34.2 Å². The van der Waals surface area contributed by atoms with Gasteiger partial charge in [0.15, 0.2) is 0 Å². The van der Waals surface area contributed by atoms with Gasteiger partial charge in [0.05, 0.1) is 35.4 Å². The highest BCUT2D eigenvalue weighted by Gasteiger charge is 2.28. The van der Waals surface area contributed by atoms with Gasteiger partial charge in [-0.05, 0) is 124 Å². The second kappa shape index (κ2) is 20.6. The quantitative estimate of drug-likeness (QED) is 0.0584. The number of H-pyrrole nitrogens is 4. The number of hydrogen-bond acceptors (Lipinski definition) is 10. The molecule has 2 aliphatic heterocycles. The molecule has 5 aromatic heterocycles. The van der Waals surface area contributed by atoms with Gasteiger partial charge in [0.25, 0.3) is 0 Å². The fourth-order valence-corrected chi connectivity index (χ4v) is 8.09. The van der Waals surface area contributed by atoms with E-state index in [1.165, 1.54) is 38.9 Å². The van der Waals surface area contributed by atoms with E-state index in [4.69, 9.17) is 9.97 Å². The first-order valence-electron chi connectivity index (χ1n) is 22.1. The van der Waals surface area contributed by atoms with Crippen molar-refractivity contribution in [3.63, 3.8) is 0 Å². The van der Waals surface area contributed by atoms with Gasteiger partial charge >= 0.3 is 11.9 Å². The van der Waals surface area contributed by atoms with Crippen LogP contribution >= 0.6 is 0 Å². The molecule has 0 aromatic carbocycles. The van der Waals surface area contributed by atoms with Gasteiger partial charge in [-0.2, -0.15) is 0 Å². The average Bonchev–Trinajstić information content (AvgIpc) is 4.16. The molecule has 68 heavy (non-hydrogen) atoms. The van der Waals surface area contributed by atoms with Crippen LogP contribution in [0.25, 0.3) is 44.4 Å². The fraction of sp³-hybridized carbons (Fsp3) is 0.333. The Bertz CT molecular complexity index is 3000. The summed E-state index contributed by atoms with van der Waals surface area (Å²) < 4.78 is 0. The van der Waals surface area contributed by atoms with Crippen molar-refractivity contribution in [2.24, 2.45) is 0 Å². The van der Waals surface area contributed by atoms with Gasteiger partial charge in [-0.1, -0.05) is 0 Å². The molecule has 2 aliphatic rings. The highest BCUT2D eigenvalue weighted by Crippen LogP contribution is 2.37. The number of carboxylic acids is 2. The number of amides is 4. The minimum Gasteiger partial charge on any atom is -0.480 e. The van der Waals surface area contributed by atoms with Crippen molar-refractivity contribution in [2.45, 2.75) is 104 Å². The molecule has 4 amide bonds. The molecule has 7 heterocycles. The molecule has 0 radical (unpaired) electrons. The van der Waals surface area contributed by atoms with Gasteiger partial charge in [0.2, 0.25) is 23.6 Å². The number of carbonyl (C=O) groups is 6. The Balaban J connectivity index is 1.14. The van der Waals surface area contributed by atoms with E-state index in [0.717, 1.165) is 55.5 Å². The lowest BCUT2D eigenvalue weighted by molar-refractivity contribution is -0.142. The molecule has 4 unspecified atom stereocenters. The smallest absolute Gasteiger partial charge is 0.326 e. The average molecular weight is 927 g/mol. The van der Waals surface area contributed by atoms with E-state index < -0.39 is 59.7 Å². The summed E-state index contributed by atoms with van der Waals surface area (Å²) in [5.74, 6) is -4.66. The molecule has 7 rings (SSSR count). The largest absolute Gasteiger partial charge is 0.480 e. The zero-order valence-electron chi connectivity index (χ0n) is 38.5. The summed E-state index contributed by atoms with van der Waals surface area (Å²) in [6.07, 6.45) is 6.12. The van der Waals surface area contributed by atoms with Gasteiger partial charge < -0.3 is 51.4 Å². The minimum atomic E-state index is -1.24. The standard InChI is InChI=1S/C48H54N12O8/c1-23-11-30-14-37-25(3)33(7-9-43(61)53-27(5)45(63)59-41(47(65)66)15-31-19-49-21-51-31)39(57-37)18-40-34(26(4)38(58-40)17-36-24(2)12-29(56-36)13-35(23)55-30)8-10-44(62)54-28(6)46(64)60-42(48(67)68)16-32-20-50-22-52-32/h11-14,17-22,27-28,41-42,55-56H,7-10,15-16H2,1-6H3,(H,49,51)(H,50,52)(H,53,61)(H,54,62)(H,59,63)(H,60,64)(H,65,66)(H,67,68). The summed E-state index contributed by atoms with van der Waals surface area (Å²) in [6, 6.07) is 7.28. The molecule has 10 N–H and O–H groups in total. The summed E-state index contributed by atoms with van der Waals surface area (Å²) in [5.41, 5.74) is 12.1. The number of rotatable bonds is 18. The molecular weight excluding hydrogens is 873 g/mol. The second-order valence-corrected chi connectivity index (χ2v) is 17.1. The number of aryl methyl sites for hydroxylation is 2. The minimum absolute atomic E-state index is 0.0211. The maximum Gasteiger partial charge on any atom is 0.326 e. The first-order chi connectivity index (χ1) is 32.4. The van der Waals surface area contributed by atoms with E-state index >= 15 is 0 Å². The first kappa shape index (κ1) is 47.8. The van der Waals surface area contributed by atoms with Gasteiger partial charge in [-0.25, -0.2) is 29.5 Å². The number of fused-ring (bicyclic) bond motifs is 8. The second-order valence-electron chi connectivity index (χ2n) is 17.1. The van der Waals surface area contributed by atoms with Crippen LogP contribution in [0.2, 0.25) is 0 Å². The molecule has 4 atom stereocenters. The molecular formula is C48H54N12O8. The van der Waals surface area contributed by atoms with Crippen molar-refractivity contribution in [1.82, 2.24) is 61.1 Å². The van der Waals surface area contributed by atoms with Gasteiger partial charge in [-0.15, -0.1) is 0 Å². The predicted molar refractivity (Wildman–Crippen MR) is 253 cm³/mol. The number of nitrogens with zero attached hydrogens (tertiary/aromatic N) is 4. The number of aromatic nitrogens is 8. The maximum atomic E-state index is 13.5. The van der Waals surface area contributed by atoms with Crippen LogP contribution in [0.5, 0.6) is 0 Å². The zero-order valence-corrected chi connectivity index (χ0v) is 38.5. The van der Waals surface area contributed by atoms with Gasteiger partial charge in [0.1, 0.15) is 24.2 Å². The van der Waals surface area contributed by atoms with Crippen molar-refractivity contribution >= 4 is 79.9 Å². The van der Waals surface area contributed by atoms with Crippen molar-refractivity contribution in [3.05, 3.63) is 107 Å². The van der Waals surface area contributed by atoms with E-state index in [1.807, 2.05) is 58.0 Å². The monoisotopic (exact) mass is 926 g/mol. The highest BCUT2D eigenvalue weighted by atomic mass is 16.4. The number of carbonyl (C=O) groups excluding carboxylic acids is 4. The highest BCUT2D eigenvalue weighted by molar-refractivity contribution is 5.98. The zero-order chi connectivity index (χ0) is 48.8. The summed E-state index contributed by atoms with van der Waals surface area (Å²) >= 11 is 0. The number of carboxylic acid groups (broad SMARTS) is 2. The summed E-state index contributed by atoms with van der Waals surface area (Å²) in [4.78, 5) is 107. The van der Waals surface area contributed by atoms with Crippen molar-refractivity contribution in [3.8, 4) is 0 Å². The number of hydrogen-bond donors (Lipinski definition) is 10. The Morgan fingerprint density at radius 1 is 0.559 bits per heavy atom. The molecule has 0 saturated carbocycles. The van der Waals surface area contributed by atoms with Crippen molar-refractivity contribution in [1.29, 1.82) is 0 Å². The van der Waals surface area contributed by atoms with Crippen LogP contribution in [-0.2, 0) is 41.6 Å². The summed E-state index contributed by atoms with van der Waals surface area (Å²) in [7, 11) is 0. The molecule has 20 nitrogen and oxygen atoms in total. The molecule has 5 aromatic rings. The number of nitrogens with one attached hydrogen (secondary N) is 8. The molecule has 20 heteroatoms. The van der Waals surface area contributed by atoms with Crippen LogP contribution in [0, 0.1) is 13.8 Å². The maximum absolute atomic E-state index is 13.5. The van der Waals surface area contributed by atoms with Crippen LogP contribution in [0.3, 0.4) is 0 Å². The third-order valence-corrected chi connectivity index (χ3v) is 12.0. The molecule has 0 saturated heterocycles.